The number of benzene rings is 2. The van der Waals surface area contributed by atoms with Crippen molar-refractivity contribution in [1.29, 1.82) is 0 Å². The Labute approximate surface area is 205 Å². The van der Waals surface area contributed by atoms with Gasteiger partial charge >= 0.3 is 5.97 Å². The van der Waals surface area contributed by atoms with Gasteiger partial charge in [0.2, 0.25) is 5.43 Å². The van der Waals surface area contributed by atoms with Gasteiger partial charge in [-0.3, -0.25) is 30.3 Å². The zero-order valence-electron chi connectivity index (χ0n) is 19.4. The number of hydrogen-bond acceptors (Lipinski definition) is 6. The van der Waals surface area contributed by atoms with Crippen molar-refractivity contribution < 1.29 is 23.5 Å². The number of carboxylic acids is 1. The first-order valence-corrected chi connectivity index (χ1v) is 11.6. The van der Waals surface area contributed by atoms with Crippen LogP contribution in [0.25, 0.3) is 10.9 Å². The Morgan fingerprint density at radius 2 is 1.86 bits per heavy atom. The highest BCUT2D eigenvalue weighted by Crippen LogP contribution is 2.24. The molecule has 1 saturated heterocycles. The van der Waals surface area contributed by atoms with Crippen LogP contribution in [0, 0.1) is 11.6 Å². The molecule has 190 valence electrons. The molecule has 1 aliphatic rings. The second kappa shape index (κ2) is 11.4. The lowest BCUT2D eigenvalue weighted by atomic mass is 10.0. The predicted molar refractivity (Wildman–Crippen MR) is 129 cm³/mol. The monoisotopic (exact) mass is 499 g/mol. The molecule has 0 saturated carbocycles. The van der Waals surface area contributed by atoms with E-state index in [1.165, 1.54) is 10.8 Å². The van der Waals surface area contributed by atoms with Crippen LogP contribution in [0.1, 0.15) is 27.9 Å². The molecule has 4 rings (SSSR count). The molecular weight excluding hydrogens is 472 g/mol. The molecule has 5 N–H and O–H groups in total. The predicted octanol–water partition coefficient (Wildman–Crippen LogP) is 1.29. The highest BCUT2D eigenvalue weighted by molar-refractivity contribution is 5.97. The zero-order chi connectivity index (χ0) is 25.7. The van der Waals surface area contributed by atoms with Gasteiger partial charge in [0.05, 0.1) is 17.3 Å². The molecule has 0 radical (unpaired) electrons. The average Bonchev–Trinajstić information content (AvgIpc) is 3.37. The number of nitrogens with one attached hydrogen (secondary N) is 4. The molecule has 2 heterocycles. The SMILES string of the molecule is O=C(O)CCNC(=O)c1cn(CCc2ccccc2)c2c(F)c(CNC3NCCN3)c(F)cc2c1=O. The third kappa shape index (κ3) is 5.76. The minimum atomic E-state index is -1.11. The van der Waals surface area contributed by atoms with Crippen molar-refractivity contribution in [1.82, 2.24) is 25.8 Å². The number of amides is 1. The number of fused-ring (bicyclic) bond motifs is 1. The van der Waals surface area contributed by atoms with Crippen LogP contribution >= 0.6 is 0 Å². The standard InChI is InChI=1S/C25H27F2N5O4/c26-19-12-16-22(21(27)17(19)13-31-25-29-9-10-30-25)32(11-7-15-4-2-1-3-5-15)14-18(23(16)35)24(36)28-8-6-20(33)34/h1-5,12,14,25,29-31H,6-11,13H2,(H,28,36)(H,33,34). The number of rotatable bonds is 10. The number of carbonyl (C=O) groups is 2. The number of nitrogens with zero attached hydrogens (tertiary/aromatic N) is 1. The molecule has 0 bridgehead atoms. The van der Waals surface area contributed by atoms with E-state index in [-0.39, 0.29) is 54.4 Å². The largest absolute Gasteiger partial charge is 0.481 e. The molecule has 0 spiro atoms. The van der Waals surface area contributed by atoms with Crippen molar-refractivity contribution in [3.8, 4) is 0 Å². The van der Waals surface area contributed by atoms with Crippen LogP contribution in [0.15, 0.2) is 47.4 Å². The minimum Gasteiger partial charge on any atom is -0.481 e. The van der Waals surface area contributed by atoms with Crippen molar-refractivity contribution in [2.75, 3.05) is 19.6 Å². The first-order chi connectivity index (χ1) is 17.3. The highest BCUT2D eigenvalue weighted by atomic mass is 19.1. The van der Waals surface area contributed by atoms with Crippen LogP contribution in [-0.2, 0) is 24.3 Å². The van der Waals surface area contributed by atoms with E-state index in [4.69, 9.17) is 5.11 Å². The number of halogens is 2. The summed E-state index contributed by atoms with van der Waals surface area (Å²) in [5.74, 6) is -3.69. The van der Waals surface area contributed by atoms with Gasteiger partial charge in [-0.25, -0.2) is 8.78 Å². The van der Waals surface area contributed by atoms with E-state index in [1.807, 2.05) is 30.3 Å². The van der Waals surface area contributed by atoms with Crippen LogP contribution < -0.4 is 26.7 Å². The summed E-state index contributed by atoms with van der Waals surface area (Å²) in [7, 11) is 0. The van der Waals surface area contributed by atoms with E-state index in [0.29, 0.717) is 6.42 Å². The van der Waals surface area contributed by atoms with Crippen molar-refractivity contribution >= 4 is 22.8 Å². The molecular formula is C25H27F2N5O4. The molecule has 3 aromatic rings. The van der Waals surface area contributed by atoms with Crippen LogP contribution in [0.4, 0.5) is 8.78 Å². The van der Waals surface area contributed by atoms with Gasteiger partial charge < -0.3 is 15.0 Å². The molecule has 36 heavy (non-hydrogen) atoms. The molecule has 1 fully saturated rings. The van der Waals surface area contributed by atoms with Gasteiger partial charge in [-0.2, -0.15) is 0 Å². The smallest absolute Gasteiger partial charge is 0.305 e. The molecule has 2 aromatic carbocycles. The molecule has 1 aromatic heterocycles. The molecule has 0 aliphatic carbocycles. The van der Waals surface area contributed by atoms with Crippen LogP contribution in [0.5, 0.6) is 0 Å². The van der Waals surface area contributed by atoms with Gasteiger partial charge in [0.15, 0.2) is 5.82 Å². The Morgan fingerprint density at radius 1 is 1.14 bits per heavy atom. The summed E-state index contributed by atoms with van der Waals surface area (Å²) in [6, 6.07) is 10.4. The van der Waals surface area contributed by atoms with E-state index in [9.17, 15) is 14.4 Å². The number of hydrogen-bond donors (Lipinski definition) is 5. The van der Waals surface area contributed by atoms with Gasteiger partial charge in [-0.15, -0.1) is 0 Å². The number of aryl methyl sites for hydroxylation is 2. The lowest BCUT2D eigenvalue weighted by Crippen LogP contribution is -2.44. The first kappa shape index (κ1) is 25.4. The maximum atomic E-state index is 15.7. The fourth-order valence-corrected chi connectivity index (χ4v) is 4.15. The number of aromatic nitrogens is 1. The van der Waals surface area contributed by atoms with Gasteiger partial charge in [-0.1, -0.05) is 30.3 Å². The molecule has 1 amide bonds. The number of pyridine rings is 1. The Morgan fingerprint density at radius 3 is 2.56 bits per heavy atom. The molecule has 0 atom stereocenters. The van der Waals surface area contributed by atoms with Gasteiger partial charge in [0.1, 0.15) is 17.7 Å². The summed E-state index contributed by atoms with van der Waals surface area (Å²) in [4.78, 5) is 36.6. The maximum Gasteiger partial charge on any atom is 0.305 e. The average molecular weight is 500 g/mol. The van der Waals surface area contributed by atoms with Crippen LogP contribution in [-0.4, -0.2) is 47.5 Å². The topological polar surface area (TPSA) is 124 Å². The quantitative estimate of drug-likeness (QED) is 0.285. The van der Waals surface area contributed by atoms with E-state index in [2.05, 4.69) is 21.3 Å². The van der Waals surface area contributed by atoms with Crippen molar-refractivity contribution in [2.45, 2.75) is 32.2 Å². The lowest BCUT2D eigenvalue weighted by molar-refractivity contribution is -0.136. The molecule has 11 heteroatoms. The van der Waals surface area contributed by atoms with E-state index < -0.39 is 28.9 Å². The second-order valence-corrected chi connectivity index (χ2v) is 8.47. The number of carbonyl (C=O) groups excluding carboxylic acids is 1. The van der Waals surface area contributed by atoms with Crippen molar-refractivity contribution in [3.05, 3.63) is 81.1 Å². The zero-order valence-corrected chi connectivity index (χ0v) is 19.4. The third-order valence-electron chi connectivity index (χ3n) is 6.01. The molecule has 1 aliphatic heterocycles. The normalized spacial score (nSPS) is 13.8. The maximum absolute atomic E-state index is 15.7. The summed E-state index contributed by atoms with van der Waals surface area (Å²) in [6.45, 7) is 1.35. The summed E-state index contributed by atoms with van der Waals surface area (Å²) in [5, 5.41) is 20.1. The van der Waals surface area contributed by atoms with Gasteiger partial charge in [0.25, 0.3) is 5.91 Å². The highest BCUT2D eigenvalue weighted by Gasteiger charge is 2.23. The Hall–Kier alpha value is -3.67. The summed E-state index contributed by atoms with van der Waals surface area (Å²) in [6.07, 6.45) is 1.10. The first-order valence-electron chi connectivity index (χ1n) is 11.6. The molecule has 9 nitrogen and oxygen atoms in total. The fraction of sp³-hybridized carbons (Fsp3) is 0.320. The Balaban J connectivity index is 1.74. The minimum absolute atomic E-state index is 0.0939. The lowest BCUT2D eigenvalue weighted by Gasteiger charge is -2.18. The van der Waals surface area contributed by atoms with Gasteiger partial charge in [0, 0.05) is 44.5 Å². The summed E-state index contributed by atoms with van der Waals surface area (Å²) in [5.41, 5.74) is -0.497. The van der Waals surface area contributed by atoms with Crippen molar-refractivity contribution in [2.24, 2.45) is 0 Å². The summed E-state index contributed by atoms with van der Waals surface area (Å²) >= 11 is 0. The van der Waals surface area contributed by atoms with E-state index >= 15 is 8.78 Å². The van der Waals surface area contributed by atoms with E-state index in [0.717, 1.165) is 24.7 Å². The van der Waals surface area contributed by atoms with Crippen LogP contribution in [0.3, 0.4) is 0 Å². The van der Waals surface area contributed by atoms with Gasteiger partial charge in [-0.05, 0) is 18.1 Å². The summed E-state index contributed by atoms with van der Waals surface area (Å²) < 4.78 is 32.2. The van der Waals surface area contributed by atoms with Crippen molar-refractivity contribution in [3.63, 3.8) is 0 Å². The molecule has 0 unspecified atom stereocenters. The number of aliphatic carboxylic acids is 1. The second-order valence-electron chi connectivity index (χ2n) is 8.47. The Bertz CT molecular complexity index is 1320. The number of carboxylic acid groups (broad SMARTS) is 1. The van der Waals surface area contributed by atoms with Crippen LogP contribution in [0.2, 0.25) is 0 Å². The Kier molecular flexibility index (Phi) is 8.04. The third-order valence-corrected chi connectivity index (χ3v) is 6.01. The fourth-order valence-electron chi connectivity index (χ4n) is 4.15. The van der Waals surface area contributed by atoms with E-state index in [1.54, 1.807) is 0 Å².